The van der Waals surface area contributed by atoms with E-state index in [0.717, 1.165) is 30.5 Å². The van der Waals surface area contributed by atoms with E-state index in [1.807, 2.05) is 0 Å². The highest BCUT2D eigenvalue weighted by atomic mass is 15.2. The lowest BCUT2D eigenvalue weighted by Crippen LogP contribution is -2.41. The van der Waals surface area contributed by atoms with Crippen LogP contribution in [0.2, 0.25) is 0 Å². The van der Waals surface area contributed by atoms with Crippen LogP contribution in [0, 0.1) is 11.8 Å². The van der Waals surface area contributed by atoms with E-state index in [2.05, 4.69) is 17.1 Å². The lowest BCUT2D eigenvalue weighted by molar-refractivity contribution is 0.198. The predicted octanol–water partition coefficient (Wildman–Crippen LogP) is 2.64. The Kier molecular flexibility index (Phi) is 3.72. The lowest BCUT2D eigenvalue weighted by atomic mass is 10.0. The summed E-state index contributed by atoms with van der Waals surface area (Å²) in [6, 6.07) is 1.79. The molecule has 0 saturated heterocycles. The molecule has 2 unspecified atom stereocenters. The number of nitrogens with zero attached hydrogens (tertiary/aromatic N) is 1. The highest BCUT2D eigenvalue weighted by Crippen LogP contribution is 2.37. The van der Waals surface area contributed by atoms with E-state index in [4.69, 9.17) is 0 Å². The van der Waals surface area contributed by atoms with Crippen molar-refractivity contribution in [3.05, 3.63) is 0 Å². The van der Waals surface area contributed by atoms with Gasteiger partial charge in [-0.05, 0) is 56.9 Å². The second-order valence-corrected chi connectivity index (χ2v) is 6.48. The molecular formula is C15H28N2. The van der Waals surface area contributed by atoms with Crippen LogP contribution >= 0.6 is 0 Å². The SMILES string of the molecule is CCNC1CCCC1CN(CC1CC1)C1CC1. The molecule has 17 heavy (non-hydrogen) atoms. The molecule has 2 atom stereocenters. The van der Waals surface area contributed by atoms with Crippen molar-refractivity contribution in [3.8, 4) is 0 Å². The molecule has 2 nitrogen and oxygen atoms in total. The Hall–Kier alpha value is -0.0800. The van der Waals surface area contributed by atoms with Crippen molar-refractivity contribution < 1.29 is 0 Å². The van der Waals surface area contributed by atoms with Crippen molar-refractivity contribution in [2.45, 2.75) is 64.0 Å². The maximum atomic E-state index is 3.70. The third-order valence-electron chi connectivity index (χ3n) is 4.85. The van der Waals surface area contributed by atoms with Crippen molar-refractivity contribution in [3.63, 3.8) is 0 Å². The zero-order chi connectivity index (χ0) is 11.7. The van der Waals surface area contributed by atoms with Gasteiger partial charge >= 0.3 is 0 Å². The molecule has 3 fully saturated rings. The minimum atomic E-state index is 0.820. The second-order valence-electron chi connectivity index (χ2n) is 6.48. The Morgan fingerprint density at radius 2 is 1.82 bits per heavy atom. The topological polar surface area (TPSA) is 15.3 Å². The van der Waals surface area contributed by atoms with Gasteiger partial charge in [0, 0.05) is 25.2 Å². The minimum Gasteiger partial charge on any atom is -0.314 e. The van der Waals surface area contributed by atoms with Gasteiger partial charge in [0.2, 0.25) is 0 Å². The number of nitrogens with one attached hydrogen (secondary N) is 1. The van der Waals surface area contributed by atoms with Crippen LogP contribution in [-0.2, 0) is 0 Å². The molecule has 2 heteroatoms. The molecule has 0 spiro atoms. The summed E-state index contributed by atoms with van der Waals surface area (Å²) < 4.78 is 0. The summed E-state index contributed by atoms with van der Waals surface area (Å²) in [5.41, 5.74) is 0. The molecule has 0 aromatic carbocycles. The minimum absolute atomic E-state index is 0.820. The maximum Gasteiger partial charge on any atom is 0.0107 e. The van der Waals surface area contributed by atoms with Gasteiger partial charge in [0.25, 0.3) is 0 Å². The van der Waals surface area contributed by atoms with Crippen LogP contribution in [0.25, 0.3) is 0 Å². The van der Waals surface area contributed by atoms with Crippen LogP contribution in [0.5, 0.6) is 0 Å². The average molecular weight is 236 g/mol. The largest absolute Gasteiger partial charge is 0.314 e. The molecule has 0 aromatic heterocycles. The summed E-state index contributed by atoms with van der Waals surface area (Å²) in [6.45, 7) is 6.20. The molecule has 0 aliphatic heterocycles. The van der Waals surface area contributed by atoms with E-state index < -0.39 is 0 Å². The summed E-state index contributed by atoms with van der Waals surface area (Å²) in [5.74, 6) is 2.00. The van der Waals surface area contributed by atoms with Gasteiger partial charge in [-0.15, -0.1) is 0 Å². The third-order valence-corrected chi connectivity index (χ3v) is 4.85. The van der Waals surface area contributed by atoms with Gasteiger partial charge in [-0.2, -0.15) is 0 Å². The van der Waals surface area contributed by atoms with Gasteiger partial charge in [0.15, 0.2) is 0 Å². The third kappa shape index (κ3) is 3.23. The summed E-state index contributed by atoms with van der Waals surface area (Å²) in [4.78, 5) is 2.85. The van der Waals surface area contributed by atoms with E-state index >= 15 is 0 Å². The first kappa shape index (κ1) is 12.0. The standard InChI is InChI=1S/C15H28N2/c1-2-16-15-5-3-4-13(15)11-17(14-8-9-14)10-12-6-7-12/h12-16H,2-11H2,1H3. The molecule has 0 heterocycles. The second kappa shape index (κ2) is 5.27. The molecule has 3 aliphatic carbocycles. The van der Waals surface area contributed by atoms with Gasteiger partial charge < -0.3 is 5.32 Å². The van der Waals surface area contributed by atoms with Crippen LogP contribution < -0.4 is 5.32 Å². The first-order chi connectivity index (χ1) is 8.36. The summed E-state index contributed by atoms with van der Waals surface area (Å²) >= 11 is 0. The number of rotatable bonds is 7. The first-order valence-electron chi connectivity index (χ1n) is 7.84. The number of hydrogen-bond donors (Lipinski definition) is 1. The molecule has 98 valence electrons. The van der Waals surface area contributed by atoms with Gasteiger partial charge in [-0.3, -0.25) is 4.90 Å². The van der Waals surface area contributed by atoms with E-state index in [1.54, 1.807) is 0 Å². The smallest absolute Gasteiger partial charge is 0.0107 e. The fourth-order valence-corrected chi connectivity index (χ4v) is 3.53. The van der Waals surface area contributed by atoms with E-state index in [1.165, 1.54) is 58.0 Å². The summed E-state index contributed by atoms with van der Waals surface area (Å²) in [5, 5.41) is 3.70. The monoisotopic (exact) mass is 236 g/mol. The molecule has 0 amide bonds. The van der Waals surface area contributed by atoms with E-state index in [-0.39, 0.29) is 0 Å². The van der Waals surface area contributed by atoms with Crippen LogP contribution in [0.3, 0.4) is 0 Å². The fraction of sp³-hybridized carbons (Fsp3) is 1.00. The predicted molar refractivity (Wildman–Crippen MR) is 72.1 cm³/mol. The van der Waals surface area contributed by atoms with Crippen LogP contribution in [0.4, 0.5) is 0 Å². The number of hydrogen-bond acceptors (Lipinski definition) is 2. The average Bonchev–Trinajstić information content (AvgIpc) is 3.21. The summed E-state index contributed by atoms with van der Waals surface area (Å²) in [6.07, 6.45) is 10.3. The molecule has 0 bridgehead atoms. The van der Waals surface area contributed by atoms with Crippen LogP contribution in [0.15, 0.2) is 0 Å². The zero-order valence-electron chi connectivity index (χ0n) is 11.3. The van der Waals surface area contributed by atoms with E-state index in [9.17, 15) is 0 Å². The Labute approximate surface area is 106 Å². The van der Waals surface area contributed by atoms with Crippen LogP contribution in [0.1, 0.15) is 51.9 Å². The van der Waals surface area contributed by atoms with Gasteiger partial charge in [0.1, 0.15) is 0 Å². The lowest BCUT2D eigenvalue weighted by Gasteiger charge is -2.29. The first-order valence-corrected chi connectivity index (χ1v) is 7.84. The van der Waals surface area contributed by atoms with Gasteiger partial charge in [-0.25, -0.2) is 0 Å². The highest BCUT2D eigenvalue weighted by Gasteiger charge is 2.37. The molecule has 3 rings (SSSR count). The molecule has 1 N–H and O–H groups in total. The molecule has 0 radical (unpaired) electrons. The Morgan fingerprint density at radius 1 is 1.00 bits per heavy atom. The molecule has 3 saturated carbocycles. The van der Waals surface area contributed by atoms with Crippen molar-refractivity contribution in [1.82, 2.24) is 10.2 Å². The molecular weight excluding hydrogens is 208 g/mol. The highest BCUT2D eigenvalue weighted by molar-refractivity contribution is 4.92. The quantitative estimate of drug-likeness (QED) is 0.731. The van der Waals surface area contributed by atoms with Crippen molar-refractivity contribution in [1.29, 1.82) is 0 Å². The van der Waals surface area contributed by atoms with Crippen molar-refractivity contribution in [2.24, 2.45) is 11.8 Å². The Balaban J connectivity index is 1.51. The molecule has 0 aromatic rings. The summed E-state index contributed by atoms with van der Waals surface area (Å²) in [7, 11) is 0. The van der Waals surface area contributed by atoms with Crippen LogP contribution in [-0.4, -0.2) is 36.6 Å². The normalized spacial score (nSPS) is 33.5. The van der Waals surface area contributed by atoms with Gasteiger partial charge in [-0.1, -0.05) is 13.3 Å². The Bertz CT molecular complexity index is 245. The zero-order valence-corrected chi connectivity index (χ0v) is 11.3. The Morgan fingerprint density at radius 3 is 2.47 bits per heavy atom. The van der Waals surface area contributed by atoms with E-state index in [0.29, 0.717) is 0 Å². The fourth-order valence-electron chi connectivity index (χ4n) is 3.53. The molecule has 3 aliphatic rings. The van der Waals surface area contributed by atoms with Crippen molar-refractivity contribution >= 4 is 0 Å². The van der Waals surface area contributed by atoms with Crippen molar-refractivity contribution in [2.75, 3.05) is 19.6 Å². The van der Waals surface area contributed by atoms with Gasteiger partial charge in [0.05, 0.1) is 0 Å². The maximum absolute atomic E-state index is 3.70.